The molecule has 2 aromatic rings. The van der Waals surface area contributed by atoms with Gasteiger partial charge in [-0.2, -0.15) is 5.26 Å². The average Bonchev–Trinajstić information content (AvgIpc) is 2.46. The van der Waals surface area contributed by atoms with Crippen LogP contribution >= 0.6 is 11.6 Å². The summed E-state index contributed by atoms with van der Waals surface area (Å²) in [7, 11) is 1.98. The molecule has 0 fully saturated rings. The standard InChI is InChI=1S/C16H16ClN3/c1-11(14-5-3-4-6-15(14)17)20(2)13-8-7-12(10-18)16(19)9-13/h3-9,11H,19H2,1-2H3. The third-order valence-corrected chi connectivity index (χ3v) is 3.84. The predicted octanol–water partition coefficient (Wildman–Crippen LogP) is 3.99. The van der Waals surface area contributed by atoms with Crippen LogP contribution < -0.4 is 10.6 Å². The van der Waals surface area contributed by atoms with Gasteiger partial charge in [0.1, 0.15) is 6.07 Å². The lowest BCUT2D eigenvalue weighted by Crippen LogP contribution is -2.22. The molecular weight excluding hydrogens is 270 g/mol. The molecule has 0 saturated carbocycles. The molecule has 0 bridgehead atoms. The van der Waals surface area contributed by atoms with E-state index >= 15 is 0 Å². The molecule has 1 atom stereocenters. The van der Waals surface area contributed by atoms with Gasteiger partial charge in [0.2, 0.25) is 0 Å². The van der Waals surface area contributed by atoms with Crippen LogP contribution in [0.4, 0.5) is 11.4 Å². The first-order valence-electron chi connectivity index (χ1n) is 6.31. The van der Waals surface area contributed by atoms with Gasteiger partial charge in [-0.15, -0.1) is 0 Å². The number of rotatable bonds is 3. The minimum atomic E-state index is 0.107. The van der Waals surface area contributed by atoms with Crippen molar-refractivity contribution in [1.29, 1.82) is 5.26 Å². The van der Waals surface area contributed by atoms with Crippen molar-refractivity contribution in [3.8, 4) is 6.07 Å². The molecule has 102 valence electrons. The Balaban J connectivity index is 2.32. The van der Waals surface area contributed by atoms with E-state index in [0.29, 0.717) is 11.3 Å². The van der Waals surface area contributed by atoms with Gasteiger partial charge in [-0.05, 0) is 36.8 Å². The van der Waals surface area contributed by atoms with Gasteiger partial charge >= 0.3 is 0 Å². The van der Waals surface area contributed by atoms with Crippen LogP contribution in [0.1, 0.15) is 24.1 Å². The Morgan fingerprint density at radius 3 is 2.55 bits per heavy atom. The van der Waals surface area contributed by atoms with E-state index in [1.807, 2.05) is 43.4 Å². The van der Waals surface area contributed by atoms with Gasteiger partial charge in [-0.25, -0.2) is 0 Å². The Morgan fingerprint density at radius 1 is 1.25 bits per heavy atom. The molecule has 2 rings (SSSR count). The fourth-order valence-electron chi connectivity index (χ4n) is 2.12. The zero-order chi connectivity index (χ0) is 14.7. The highest BCUT2D eigenvalue weighted by atomic mass is 35.5. The first-order valence-corrected chi connectivity index (χ1v) is 6.69. The van der Waals surface area contributed by atoms with Gasteiger partial charge in [0.15, 0.2) is 0 Å². The van der Waals surface area contributed by atoms with Crippen molar-refractivity contribution in [3.63, 3.8) is 0 Å². The topological polar surface area (TPSA) is 53.0 Å². The second-order valence-corrected chi connectivity index (χ2v) is 5.10. The van der Waals surface area contributed by atoms with E-state index in [-0.39, 0.29) is 6.04 Å². The molecule has 1 unspecified atom stereocenters. The molecular formula is C16H16ClN3. The van der Waals surface area contributed by atoms with Gasteiger partial charge in [-0.3, -0.25) is 0 Å². The van der Waals surface area contributed by atoms with Gasteiger partial charge in [0, 0.05) is 17.8 Å². The normalized spacial score (nSPS) is 11.7. The molecule has 0 saturated heterocycles. The second kappa shape index (κ2) is 5.85. The number of nitriles is 1. The Bertz CT molecular complexity index is 661. The third-order valence-electron chi connectivity index (χ3n) is 3.50. The first kappa shape index (κ1) is 14.2. The maximum atomic E-state index is 8.91. The van der Waals surface area contributed by atoms with E-state index in [0.717, 1.165) is 16.3 Å². The molecule has 20 heavy (non-hydrogen) atoms. The third kappa shape index (κ3) is 2.71. The number of hydrogen-bond donors (Lipinski definition) is 1. The van der Waals surface area contributed by atoms with Crippen molar-refractivity contribution in [3.05, 3.63) is 58.6 Å². The predicted molar refractivity (Wildman–Crippen MR) is 83.8 cm³/mol. The highest BCUT2D eigenvalue weighted by molar-refractivity contribution is 6.31. The number of anilines is 2. The van der Waals surface area contributed by atoms with Crippen molar-refractivity contribution in [2.24, 2.45) is 0 Å². The molecule has 0 aliphatic carbocycles. The molecule has 0 aliphatic heterocycles. The molecule has 4 heteroatoms. The van der Waals surface area contributed by atoms with E-state index in [1.165, 1.54) is 0 Å². The van der Waals surface area contributed by atoms with Crippen LogP contribution in [0.5, 0.6) is 0 Å². The summed E-state index contributed by atoms with van der Waals surface area (Å²) in [4.78, 5) is 2.08. The van der Waals surface area contributed by atoms with E-state index < -0.39 is 0 Å². The van der Waals surface area contributed by atoms with Crippen LogP contribution in [-0.2, 0) is 0 Å². The summed E-state index contributed by atoms with van der Waals surface area (Å²) in [6.07, 6.45) is 0. The zero-order valence-corrected chi connectivity index (χ0v) is 12.2. The van der Waals surface area contributed by atoms with Gasteiger partial charge < -0.3 is 10.6 Å². The first-order chi connectivity index (χ1) is 9.54. The zero-order valence-electron chi connectivity index (χ0n) is 11.5. The molecule has 2 aromatic carbocycles. The number of benzene rings is 2. The van der Waals surface area contributed by atoms with Crippen molar-refractivity contribution >= 4 is 23.0 Å². The lowest BCUT2D eigenvalue weighted by atomic mass is 10.1. The van der Waals surface area contributed by atoms with Crippen LogP contribution in [0, 0.1) is 11.3 Å². The maximum absolute atomic E-state index is 8.91. The Labute approximate surface area is 124 Å². The maximum Gasteiger partial charge on any atom is 0.101 e. The van der Waals surface area contributed by atoms with Crippen molar-refractivity contribution in [2.75, 3.05) is 17.7 Å². The molecule has 0 spiro atoms. The van der Waals surface area contributed by atoms with Crippen LogP contribution in [0.3, 0.4) is 0 Å². The summed E-state index contributed by atoms with van der Waals surface area (Å²) >= 11 is 6.24. The monoisotopic (exact) mass is 285 g/mol. The van der Waals surface area contributed by atoms with Crippen molar-refractivity contribution in [2.45, 2.75) is 13.0 Å². The summed E-state index contributed by atoms with van der Waals surface area (Å²) < 4.78 is 0. The molecule has 3 nitrogen and oxygen atoms in total. The highest BCUT2D eigenvalue weighted by Gasteiger charge is 2.15. The van der Waals surface area contributed by atoms with Gasteiger partial charge in [0.25, 0.3) is 0 Å². The minimum Gasteiger partial charge on any atom is -0.398 e. The Kier molecular flexibility index (Phi) is 4.16. The SMILES string of the molecule is CC(c1ccccc1Cl)N(C)c1ccc(C#N)c(N)c1. The number of nitrogen functional groups attached to an aromatic ring is 1. The smallest absolute Gasteiger partial charge is 0.101 e. The second-order valence-electron chi connectivity index (χ2n) is 4.69. The molecule has 0 amide bonds. The summed E-state index contributed by atoms with van der Waals surface area (Å²) in [5.41, 5.74) is 8.85. The summed E-state index contributed by atoms with van der Waals surface area (Å²) in [5, 5.41) is 9.65. The largest absolute Gasteiger partial charge is 0.398 e. The Hall–Kier alpha value is -2.18. The molecule has 0 aromatic heterocycles. The lowest BCUT2D eigenvalue weighted by Gasteiger charge is -2.28. The fraction of sp³-hybridized carbons (Fsp3) is 0.188. The van der Waals surface area contributed by atoms with Crippen LogP contribution in [-0.4, -0.2) is 7.05 Å². The quantitative estimate of drug-likeness (QED) is 0.868. The van der Waals surface area contributed by atoms with Crippen molar-refractivity contribution in [1.82, 2.24) is 0 Å². The van der Waals surface area contributed by atoms with E-state index in [4.69, 9.17) is 22.6 Å². The molecule has 2 N–H and O–H groups in total. The van der Waals surface area contributed by atoms with Crippen molar-refractivity contribution < 1.29 is 0 Å². The van der Waals surface area contributed by atoms with Gasteiger partial charge in [0.05, 0.1) is 17.3 Å². The van der Waals surface area contributed by atoms with E-state index in [2.05, 4.69) is 17.9 Å². The van der Waals surface area contributed by atoms with Crippen LogP contribution in [0.15, 0.2) is 42.5 Å². The van der Waals surface area contributed by atoms with Crippen LogP contribution in [0.2, 0.25) is 5.02 Å². The average molecular weight is 286 g/mol. The number of hydrogen-bond acceptors (Lipinski definition) is 3. The van der Waals surface area contributed by atoms with E-state index in [9.17, 15) is 0 Å². The Morgan fingerprint density at radius 2 is 1.95 bits per heavy atom. The number of halogens is 1. The highest BCUT2D eigenvalue weighted by Crippen LogP contribution is 2.31. The van der Waals surface area contributed by atoms with E-state index in [1.54, 1.807) is 6.07 Å². The fourth-order valence-corrected chi connectivity index (χ4v) is 2.41. The van der Waals surface area contributed by atoms with Gasteiger partial charge in [-0.1, -0.05) is 29.8 Å². The number of nitrogens with zero attached hydrogens (tertiary/aromatic N) is 2. The summed E-state index contributed by atoms with van der Waals surface area (Å²) in [6, 6.07) is 15.4. The summed E-state index contributed by atoms with van der Waals surface area (Å²) in [5.74, 6) is 0. The lowest BCUT2D eigenvalue weighted by molar-refractivity contribution is 0.740. The molecule has 0 radical (unpaired) electrons. The van der Waals surface area contributed by atoms with Crippen LogP contribution in [0.25, 0.3) is 0 Å². The summed E-state index contributed by atoms with van der Waals surface area (Å²) in [6.45, 7) is 2.08. The minimum absolute atomic E-state index is 0.107. The molecule has 0 aliphatic rings. The number of nitrogens with two attached hydrogens (primary N) is 1. The molecule has 0 heterocycles.